The maximum Gasteiger partial charge on any atom is 0.416 e. The molecule has 0 aliphatic carbocycles. The lowest BCUT2D eigenvalue weighted by Gasteiger charge is -2.10. The lowest BCUT2D eigenvalue weighted by atomic mass is 10.2. The van der Waals surface area contributed by atoms with Gasteiger partial charge in [-0.2, -0.15) is 17.9 Å². The third-order valence-corrected chi connectivity index (χ3v) is 2.80. The highest BCUT2D eigenvalue weighted by Gasteiger charge is 2.31. The van der Waals surface area contributed by atoms with Crippen LogP contribution in [0, 0.1) is 6.92 Å². The average Bonchev–Trinajstić information content (AvgIpc) is 2.63. The smallest absolute Gasteiger partial charge is 0.197 e. The molecule has 0 saturated heterocycles. The summed E-state index contributed by atoms with van der Waals surface area (Å²) in [6.45, 7) is 1.60. The van der Waals surface area contributed by atoms with E-state index in [1.165, 1.54) is 10.7 Å². The summed E-state index contributed by atoms with van der Waals surface area (Å²) >= 11 is 3.17. The fraction of sp³-hybridized carbons (Fsp3) is 0.222. The molecule has 2 rings (SSSR count). The molecule has 8 heteroatoms. The molecule has 4 nitrogen and oxygen atoms in total. The Morgan fingerprint density at radius 1 is 1.29 bits per heavy atom. The van der Waals surface area contributed by atoms with Gasteiger partial charge in [0.1, 0.15) is 0 Å². The van der Waals surface area contributed by atoms with Crippen LogP contribution in [0.1, 0.15) is 11.4 Å². The highest BCUT2D eigenvalue weighted by Crippen LogP contribution is 2.33. The molecule has 2 aromatic rings. The first-order valence-corrected chi connectivity index (χ1v) is 5.31. The van der Waals surface area contributed by atoms with Crippen molar-refractivity contribution in [1.29, 1.82) is 0 Å². The molecule has 0 bridgehead atoms. The molecule has 17 heavy (non-hydrogen) atoms. The molecule has 0 N–H and O–H groups in total. The van der Waals surface area contributed by atoms with E-state index < -0.39 is 11.7 Å². The third-order valence-electron chi connectivity index (χ3n) is 2.13. The second-order valence-corrected chi connectivity index (χ2v) is 4.16. The van der Waals surface area contributed by atoms with Crippen LogP contribution in [0.4, 0.5) is 13.2 Å². The number of nitrogens with zero attached hydrogens (tertiary/aromatic N) is 4. The Balaban J connectivity index is 2.58. The van der Waals surface area contributed by atoms with Gasteiger partial charge in [-0.15, -0.1) is 5.10 Å². The van der Waals surface area contributed by atoms with E-state index in [-0.39, 0.29) is 5.69 Å². The summed E-state index contributed by atoms with van der Waals surface area (Å²) < 4.78 is 39.4. The third kappa shape index (κ3) is 2.31. The molecule has 0 unspecified atom stereocenters. The van der Waals surface area contributed by atoms with Crippen molar-refractivity contribution in [2.75, 3.05) is 0 Å². The SMILES string of the molecule is Cc1nnnn1-c1cc(C(F)(F)F)ccc1Br. The number of aryl methyl sites for hydroxylation is 1. The molecule has 0 spiro atoms. The van der Waals surface area contributed by atoms with Crippen molar-refractivity contribution < 1.29 is 13.2 Å². The monoisotopic (exact) mass is 306 g/mol. The first-order valence-electron chi connectivity index (χ1n) is 4.51. The lowest BCUT2D eigenvalue weighted by molar-refractivity contribution is -0.137. The molecule has 0 saturated carbocycles. The van der Waals surface area contributed by atoms with Gasteiger partial charge in [0.2, 0.25) is 0 Å². The van der Waals surface area contributed by atoms with Crippen molar-refractivity contribution in [1.82, 2.24) is 20.2 Å². The normalized spacial score (nSPS) is 11.8. The van der Waals surface area contributed by atoms with E-state index in [1.54, 1.807) is 6.92 Å². The molecule has 0 fully saturated rings. The van der Waals surface area contributed by atoms with Gasteiger partial charge in [-0.1, -0.05) is 0 Å². The Bertz CT molecular complexity index is 549. The average molecular weight is 307 g/mol. The van der Waals surface area contributed by atoms with Gasteiger partial charge in [0.15, 0.2) is 5.82 Å². The van der Waals surface area contributed by atoms with Crippen molar-refractivity contribution in [2.45, 2.75) is 13.1 Å². The van der Waals surface area contributed by atoms with Crippen LogP contribution in [0.15, 0.2) is 22.7 Å². The Labute approximate surface area is 103 Å². The predicted octanol–water partition coefficient (Wildman–Crippen LogP) is 2.75. The van der Waals surface area contributed by atoms with Gasteiger partial charge in [-0.05, 0) is 51.5 Å². The lowest BCUT2D eigenvalue weighted by Crippen LogP contribution is -2.08. The number of alkyl halides is 3. The number of hydrogen-bond acceptors (Lipinski definition) is 3. The van der Waals surface area contributed by atoms with Crippen LogP contribution < -0.4 is 0 Å². The summed E-state index contributed by atoms with van der Waals surface area (Å²) in [6, 6.07) is 3.31. The summed E-state index contributed by atoms with van der Waals surface area (Å²) in [5, 5.41) is 10.6. The minimum atomic E-state index is -4.39. The van der Waals surface area contributed by atoms with Crippen LogP contribution in [0.2, 0.25) is 0 Å². The number of aromatic nitrogens is 4. The number of tetrazole rings is 1. The summed E-state index contributed by atoms with van der Waals surface area (Å²) in [5.41, 5.74) is -0.493. The molecule has 1 heterocycles. The van der Waals surface area contributed by atoms with E-state index in [0.29, 0.717) is 10.3 Å². The number of rotatable bonds is 1. The quantitative estimate of drug-likeness (QED) is 0.813. The molecule has 1 aromatic heterocycles. The van der Waals surface area contributed by atoms with E-state index in [2.05, 4.69) is 31.5 Å². The molecule has 0 aliphatic rings. The molecule has 0 atom stereocenters. The Hall–Kier alpha value is -1.44. The van der Waals surface area contributed by atoms with Crippen LogP contribution in [0.25, 0.3) is 5.69 Å². The van der Waals surface area contributed by atoms with Gasteiger partial charge in [0.25, 0.3) is 0 Å². The highest BCUT2D eigenvalue weighted by atomic mass is 79.9. The van der Waals surface area contributed by atoms with Crippen molar-refractivity contribution in [3.63, 3.8) is 0 Å². The van der Waals surface area contributed by atoms with Crippen molar-refractivity contribution in [3.05, 3.63) is 34.1 Å². The zero-order chi connectivity index (χ0) is 12.6. The van der Waals surface area contributed by atoms with Crippen LogP contribution in [0.3, 0.4) is 0 Å². The summed E-state index contributed by atoms with van der Waals surface area (Å²) in [6.07, 6.45) is -4.39. The molecular weight excluding hydrogens is 301 g/mol. The summed E-state index contributed by atoms with van der Waals surface area (Å²) in [7, 11) is 0. The predicted molar refractivity (Wildman–Crippen MR) is 56.6 cm³/mol. The van der Waals surface area contributed by atoms with Gasteiger partial charge in [0, 0.05) is 4.47 Å². The van der Waals surface area contributed by atoms with Gasteiger partial charge in [0.05, 0.1) is 11.3 Å². The van der Waals surface area contributed by atoms with Crippen molar-refractivity contribution in [2.24, 2.45) is 0 Å². The number of hydrogen-bond donors (Lipinski definition) is 0. The topological polar surface area (TPSA) is 43.6 Å². The van der Waals surface area contributed by atoms with Gasteiger partial charge in [-0.25, -0.2) is 0 Å². The second-order valence-electron chi connectivity index (χ2n) is 3.30. The Morgan fingerprint density at radius 2 is 2.00 bits per heavy atom. The Kier molecular flexibility index (Phi) is 2.90. The summed E-state index contributed by atoms with van der Waals surface area (Å²) in [5.74, 6) is 0.407. The van der Waals surface area contributed by atoms with E-state index >= 15 is 0 Å². The Morgan fingerprint density at radius 3 is 2.53 bits per heavy atom. The van der Waals surface area contributed by atoms with E-state index in [9.17, 15) is 13.2 Å². The van der Waals surface area contributed by atoms with E-state index in [0.717, 1.165) is 12.1 Å². The maximum absolute atomic E-state index is 12.6. The molecule has 0 amide bonds. The van der Waals surface area contributed by atoms with Crippen molar-refractivity contribution >= 4 is 15.9 Å². The number of benzene rings is 1. The van der Waals surface area contributed by atoms with Crippen molar-refractivity contribution in [3.8, 4) is 5.69 Å². The minimum absolute atomic E-state index is 0.252. The van der Waals surface area contributed by atoms with Gasteiger partial charge >= 0.3 is 6.18 Å². The first kappa shape index (κ1) is 12.0. The first-order chi connectivity index (χ1) is 7.89. The fourth-order valence-corrected chi connectivity index (χ4v) is 1.72. The largest absolute Gasteiger partial charge is 0.416 e. The van der Waals surface area contributed by atoms with Crippen LogP contribution in [0.5, 0.6) is 0 Å². The zero-order valence-corrected chi connectivity index (χ0v) is 10.1. The molecule has 0 radical (unpaired) electrons. The van der Waals surface area contributed by atoms with Gasteiger partial charge in [-0.3, -0.25) is 0 Å². The van der Waals surface area contributed by atoms with Crippen LogP contribution >= 0.6 is 15.9 Å². The second kappa shape index (κ2) is 4.10. The molecule has 90 valence electrons. The van der Waals surface area contributed by atoms with E-state index in [4.69, 9.17) is 0 Å². The minimum Gasteiger partial charge on any atom is -0.197 e. The van der Waals surface area contributed by atoms with Crippen LogP contribution in [-0.2, 0) is 6.18 Å². The fourth-order valence-electron chi connectivity index (χ4n) is 1.31. The number of halogens is 4. The standard InChI is InChI=1S/C9H6BrF3N4/c1-5-14-15-16-17(5)8-4-6(9(11,12)13)2-3-7(8)10/h2-4H,1H3. The van der Waals surface area contributed by atoms with Crippen LogP contribution in [-0.4, -0.2) is 20.2 Å². The van der Waals surface area contributed by atoms with E-state index in [1.807, 2.05) is 0 Å². The molecule has 0 aliphatic heterocycles. The highest BCUT2D eigenvalue weighted by molar-refractivity contribution is 9.10. The van der Waals surface area contributed by atoms with Gasteiger partial charge < -0.3 is 0 Å². The maximum atomic E-state index is 12.6. The molecular formula is C9H6BrF3N4. The summed E-state index contributed by atoms with van der Waals surface area (Å²) in [4.78, 5) is 0. The zero-order valence-electron chi connectivity index (χ0n) is 8.53. The molecule has 1 aromatic carbocycles.